The number of methoxy groups -OCH3 is 4. The van der Waals surface area contributed by atoms with Gasteiger partial charge in [0.1, 0.15) is 0 Å². The van der Waals surface area contributed by atoms with Gasteiger partial charge in [0.2, 0.25) is 5.75 Å². The Morgan fingerprint density at radius 1 is 0.889 bits per heavy atom. The fraction of sp³-hybridized carbons (Fsp3) is 0.200. The van der Waals surface area contributed by atoms with Gasteiger partial charge in [-0.2, -0.15) is 0 Å². The highest BCUT2D eigenvalue weighted by molar-refractivity contribution is 7.90. The van der Waals surface area contributed by atoms with Crippen LogP contribution in [0.25, 0.3) is 12.2 Å². The van der Waals surface area contributed by atoms with Crippen LogP contribution in [0.15, 0.2) is 53.4 Å². The molecule has 0 spiro atoms. The molecule has 0 fully saturated rings. The monoisotopic (exact) mass is 517 g/mol. The Kier molecular flexibility index (Phi) is 8.15. The van der Waals surface area contributed by atoms with Crippen LogP contribution in [0.3, 0.4) is 0 Å². The zero-order valence-electron chi connectivity index (χ0n) is 20.0. The number of nitrogens with zero attached hydrogens (tertiary/aromatic N) is 1. The summed E-state index contributed by atoms with van der Waals surface area (Å²) >= 11 is 0. The van der Waals surface area contributed by atoms with Crippen molar-refractivity contribution >= 4 is 27.7 Å². The van der Waals surface area contributed by atoms with E-state index < -0.39 is 26.3 Å². The largest absolute Gasteiger partial charge is 0.494 e. The number of halogens is 1. The third-order valence-electron chi connectivity index (χ3n) is 5.33. The molecule has 190 valence electrons. The lowest BCUT2D eigenvalue weighted by Gasteiger charge is -2.13. The normalized spacial score (nSPS) is 11.4. The lowest BCUT2D eigenvalue weighted by atomic mass is 10.1. The first-order chi connectivity index (χ1) is 17.1. The number of rotatable bonds is 10. The summed E-state index contributed by atoms with van der Waals surface area (Å²) in [4.78, 5) is 10.1. The van der Waals surface area contributed by atoms with E-state index in [1.807, 2.05) is 0 Å². The smallest absolute Gasteiger partial charge is 0.270 e. The second-order valence-corrected chi connectivity index (χ2v) is 9.44. The highest BCUT2D eigenvalue weighted by Crippen LogP contribution is 2.39. The van der Waals surface area contributed by atoms with Crippen molar-refractivity contribution < 1.29 is 36.7 Å². The minimum absolute atomic E-state index is 0.135. The number of ether oxygens (including phenoxy) is 4. The first-order valence-corrected chi connectivity index (χ1v) is 12.1. The summed E-state index contributed by atoms with van der Waals surface area (Å²) in [5.74, 6) is -0.512. The molecule has 0 saturated carbocycles. The zero-order chi connectivity index (χ0) is 26.5. The van der Waals surface area contributed by atoms with E-state index in [9.17, 15) is 18.5 Å². The highest BCUT2D eigenvalue weighted by Gasteiger charge is 2.23. The molecule has 3 aromatic rings. The summed E-state index contributed by atoms with van der Waals surface area (Å²) in [7, 11) is 1.55. The van der Waals surface area contributed by atoms with Gasteiger partial charge in [-0.3, -0.25) is 10.1 Å². The van der Waals surface area contributed by atoms with Crippen LogP contribution in [-0.4, -0.2) is 41.8 Å². The number of benzene rings is 3. The summed E-state index contributed by atoms with van der Waals surface area (Å²) in [6, 6.07) is 10.9. The number of nitro benzene ring substituents is 1. The SMILES string of the molecule is COc1ccc(/C=C\c2cc(OC)c(OC)c(OC)c2)c(CS(=O)(=O)c2cccc([N+](=O)[O-])c2)c1F. The van der Waals surface area contributed by atoms with Crippen molar-refractivity contribution in [3.05, 3.63) is 81.2 Å². The zero-order valence-corrected chi connectivity index (χ0v) is 20.8. The predicted octanol–water partition coefficient (Wildman–Crippen LogP) is 4.91. The van der Waals surface area contributed by atoms with Gasteiger partial charge in [-0.25, -0.2) is 12.8 Å². The number of hydrogen-bond donors (Lipinski definition) is 0. The molecule has 0 N–H and O–H groups in total. The summed E-state index contributed by atoms with van der Waals surface area (Å²) in [6.45, 7) is 0. The van der Waals surface area contributed by atoms with Crippen LogP contribution in [0, 0.1) is 15.9 Å². The van der Waals surface area contributed by atoms with E-state index in [1.165, 1.54) is 58.8 Å². The number of hydrogen-bond acceptors (Lipinski definition) is 8. The van der Waals surface area contributed by atoms with Crippen LogP contribution >= 0.6 is 0 Å². The predicted molar refractivity (Wildman–Crippen MR) is 132 cm³/mol. The lowest BCUT2D eigenvalue weighted by molar-refractivity contribution is -0.385. The van der Waals surface area contributed by atoms with Crippen LogP contribution in [0.2, 0.25) is 0 Å². The van der Waals surface area contributed by atoms with E-state index in [2.05, 4.69) is 0 Å². The van der Waals surface area contributed by atoms with Gasteiger partial charge >= 0.3 is 0 Å². The van der Waals surface area contributed by atoms with E-state index in [4.69, 9.17) is 18.9 Å². The first kappa shape index (κ1) is 26.5. The molecule has 3 aromatic carbocycles. The van der Waals surface area contributed by atoms with Crippen molar-refractivity contribution in [1.82, 2.24) is 0 Å². The van der Waals surface area contributed by atoms with Gasteiger partial charge < -0.3 is 18.9 Å². The van der Waals surface area contributed by atoms with Gasteiger partial charge in [-0.1, -0.05) is 24.3 Å². The van der Waals surface area contributed by atoms with Gasteiger partial charge in [0, 0.05) is 17.7 Å². The van der Waals surface area contributed by atoms with Crippen LogP contribution in [-0.2, 0) is 15.6 Å². The number of nitro groups is 1. The standard InChI is InChI=1S/C25H24FNO8S/c1-32-21-11-10-17(9-8-16-12-22(33-2)25(35-4)23(13-16)34-3)20(24(21)26)15-36(30,31)19-7-5-6-18(14-19)27(28)29/h5-14H,15H2,1-4H3/b9-8-. The Morgan fingerprint density at radius 3 is 2.08 bits per heavy atom. The maximum absolute atomic E-state index is 15.3. The topological polar surface area (TPSA) is 114 Å². The van der Waals surface area contributed by atoms with Crippen molar-refractivity contribution in [2.75, 3.05) is 28.4 Å². The average Bonchev–Trinajstić information content (AvgIpc) is 2.88. The van der Waals surface area contributed by atoms with Crippen LogP contribution in [0.4, 0.5) is 10.1 Å². The molecule has 3 rings (SSSR count). The summed E-state index contributed by atoms with van der Waals surface area (Å²) in [6.07, 6.45) is 3.18. The Hall–Kier alpha value is -4.12. The molecule has 0 unspecified atom stereocenters. The van der Waals surface area contributed by atoms with Crippen molar-refractivity contribution in [2.24, 2.45) is 0 Å². The molecule has 0 radical (unpaired) electrons. The van der Waals surface area contributed by atoms with E-state index >= 15 is 4.39 Å². The second-order valence-electron chi connectivity index (χ2n) is 7.46. The summed E-state index contributed by atoms with van der Waals surface area (Å²) in [5, 5.41) is 11.1. The van der Waals surface area contributed by atoms with Crippen molar-refractivity contribution in [3.8, 4) is 23.0 Å². The van der Waals surface area contributed by atoms with Crippen molar-refractivity contribution in [1.29, 1.82) is 0 Å². The van der Waals surface area contributed by atoms with Gasteiger partial charge in [0.15, 0.2) is 32.9 Å². The Bertz CT molecular complexity index is 1390. The minimum atomic E-state index is -4.14. The molecule has 0 saturated heterocycles. The summed E-state index contributed by atoms with van der Waals surface area (Å²) in [5.41, 5.74) is 0.360. The molecular weight excluding hydrogens is 493 g/mol. The maximum Gasteiger partial charge on any atom is 0.270 e. The molecule has 0 aliphatic heterocycles. The van der Waals surface area contributed by atoms with Crippen LogP contribution in [0.5, 0.6) is 23.0 Å². The summed E-state index contributed by atoms with van der Waals surface area (Å²) < 4.78 is 62.5. The van der Waals surface area contributed by atoms with Gasteiger partial charge in [-0.15, -0.1) is 0 Å². The third-order valence-corrected chi connectivity index (χ3v) is 6.97. The fourth-order valence-corrected chi connectivity index (χ4v) is 4.95. The van der Waals surface area contributed by atoms with E-state index in [1.54, 1.807) is 24.3 Å². The van der Waals surface area contributed by atoms with Crippen molar-refractivity contribution in [2.45, 2.75) is 10.6 Å². The molecule has 36 heavy (non-hydrogen) atoms. The third kappa shape index (κ3) is 5.57. The van der Waals surface area contributed by atoms with E-state index in [0.29, 0.717) is 22.8 Å². The Balaban J connectivity index is 2.07. The second kappa shape index (κ2) is 11.1. The molecule has 0 atom stereocenters. The minimum Gasteiger partial charge on any atom is -0.494 e. The van der Waals surface area contributed by atoms with Crippen molar-refractivity contribution in [3.63, 3.8) is 0 Å². The number of non-ortho nitro benzene ring substituents is 1. The maximum atomic E-state index is 15.3. The Morgan fingerprint density at radius 2 is 1.53 bits per heavy atom. The molecule has 9 nitrogen and oxygen atoms in total. The number of sulfone groups is 1. The molecule has 0 aromatic heterocycles. The highest BCUT2D eigenvalue weighted by atomic mass is 32.2. The fourth-order valence-electron chi connectivity index (χ4n) is 3.52. The van der Waals surface area contributed by atoms with Crippen LogP contribution < -0.4 is 18.9 Å². The van der Waals surface area contributed by atoms with Gasteiger partial charge in [0.05, 0.1) is 44.0 Å². The lowest BCUT2D eigenvalue weighted by Crippen LogP contribution is -2.09. The molecular formula is C25H24FNO8S. The van der Waals surface area contributed by atoms with Gasteiger partial charge in [0.25, 0.3) is 5.69 Å². The quantitative estimate of drug-likeness (QED) is 0.212. The first-order valence-electron chi connectivity index (χ1n) is 10.5. The van der Waals surface area contributed by atoms with Gasteiger partial charge in [-0.05, 0) is 35.4 Å². The van der Waals surface area contributed by atoms with E-state index in [0.717, 1.165) is 6.07 Å². The average molecular weight is 518 g/mol. The van der Waals surface area contributed by atoms with E-state index in [-0.39, 0.29) is 27.5 Å². The molecule has 0 heterocycles. The molecule has 0 amide bonds. The molecule has 0 aliphatic rings. The molecule has 0 aliphatic carbocycles. The Labute approximate surface area is 207 Å². The van der Waals surface area contributed by atoms with Crippen LogP contribution in [0.1, 0.15) is 16.7 Å². The molecule has 11 heteroatoms. The molecule has 0 bridgehead atoms.